The van der Waals surface area contributed by atoms with Crippen molar-refractivity contribution in [3.8, 4) is 0 Å². The van der Waals surface area contributed by atoms with Crippen LogP contribution >= 0.6 is 11.3 Å². The number of nitrogens with zero attached hydrogens (tertiary/aromatic N) is 1. The molecule has 0 saturated carbocycles. The highest BCUT2D eigenvalue weighted by Crippen LogP contribution is 2.37. The highest BCUT2D eigenvalue weighted by molar-refractivity contribution is 7.09. The van der Waals surface area contributed by atoms with Crippen LogP contribution in [-0.4, -0.2) is 4.98 Å². The van der Waals surface area contributed by atoms with E-state index < -0.39 is 0 Å². The monoisotopic (exact) mass is 272 g/mol. The molecule has 2 atom stereocenters. The summed E-state index contributed by atoms with van der Waals surface area (Å²) in [6, 6.07) is 8.90. The molecular formula is C16H20N2S. The summed E-state index contributed by atoms with van der Waals surface area (Å²) in [5.74, 6) is 0.599. The van der Waals surface area contributed by atoms with Crippen LogP contribution in [0.2, 0.25) is 0 Å². The average molecular weight is 272 g/mol. The van der Waals surface area contributed by atoms with Gasteiger partial charge in [0.25, 0.3) is 0 Å². The Morgan fingerprint density at radius 1 is 1.42 bits per heavy atom. The number of rotatable bonds is 3. The molecule has 0 saturated heterocycles. The number of aromatic nitrogens is 1. The minimum Gasteiger partial charge on any atom is -0.323 e. The molecule has 0 amide bonds. The summed E-state index contributed by atoms with van der Waals surface area (Å²) in [7, 11) is 0. The summed E-state index contributed by atoms with van der Waals surface area (Å²) in [5.41, 5.74) is 10.4. The van der Waals surface area contributed by atoms with Gasteiger partial charge in [-0.3, -0.25) is 0 Å². The molecule has 2 nitrogen and oxygen atoms in total. The maximum absolute atomic E-state index is 6.34. The van der Waals surface area contributed by atoms with Crippen molar-refractivity contribution < 1.29 is 0 Å². The van der Waals surface area contributed by atoms with Crippen LogP contribution in [0, 0.1) is 6.92 Å². The molecule has 1 aromatic carbocycles. The van der Waals surface area contributed by atoms with E-state index in [1.807, 2.05) is 6.92 Å². The van der Waals surface area contributed by atoms with Gasteiger partial charge in [0, 0.05) is 11.4 Å². The third-order valence-electron chi connectivity index (χ3n) is 4.05. The van der Waals surface area contributed by atoms with Gasteiger partial charge in [0.2, 0.25) is 0 Å². The zero-order chi connectivity index (χ0) is 13.2. The zero-order valence-corrected chi connectivity index (χ0v) is 12.1. The van der Waals surface area contributed by atoms with E-state index in [1.54, 1.807) is 11.3 Å². The molecule has 1 aliphatic rings. The smallest absolute Gasteiger partial charge is 0.0898 e. The molecule has 2 aromatic rings. The first-order valence-electron chi connectivity index (χ1n) is 6.99. The molecule has 3 heteroatoms. The summed E-state index contributed by atoms with van der Waals surface area (Å²) < 4.78 is 0. The highest BCUT2D eigenvalue weighted by atomic mass is 32.1. The first-order valence-corrected chi connectivity index (χ1v) is 7.87. The van der Waals surface area contributed by atoms with E-state index in [0.717, 1.165) is 17.1 Å². The number of hydrogen-bond donors (Lipinski definition) is 1. The normalized spacial score (nSPS) is 20.0. The number of aryl methyl sites for hydroxylation is 2. The first kappa shape index (κ1) is 12.8. The van der Waals surface area contributed by atoms with Crippen molar-refractivity contribution in [2.75, 3.05) is 0 Å². The van der Waals surface area contributed by atoms with E-state index in [9.17, 15) is 0 Å². The summed E-state index contributed by atoms with van der Waals surface area (Å²) in [6.07, 6.45) is 4.77. The van der Waals surface area contributed by atoms with Crippen LogP contribution in [-0.2, 0) is 6.42 Å². The molecule has 100 valence electrons. The molecule has 1 aromatic heterocycles. The van der Waals surface area contributed by atoms with Gasteiger partial charge in [-0.15, -0.1) is 11.3 Å². The predicted molar refractivity (Wildman–Crippen MR) is 80.5 cm³/mol. The quantitative estimate of drug-likeness (QED) is 0.918. The Bertz CT molecular complexity index is 561. The van der Waals surface area contributed by atoms with Crippen molar-refractivity contribution in [2.24, 2.45) is 5.73 Å². The largest absolute Gasteiger partial charge is 0.323 e. The van der Waals surface area contributed by atoms with E-state index in [0.29, 0.717) is 5.92 Å². The molecular weight excluding hydrogens is 252 g/mol. The van der Waals surface area contributed by atoms with E-state index >= 15 is 0 Å². The molecule has 2 N–H and O–H groups in total. The Hall–Kier alpha value is -1.19. The minimum absolute atomic E-state index is 0.0705. The molecule has 0 aliphatic heterocycles. The Balaban J connectivity index is 1.77. The van der Waals surface area contributed by atoms with Crippen molar-refractivity contribution in [1.82, 2.24) is 4.98 Å². The maximum Gasteiger partial charge on any atom is 0.0898 e. The minimum atomic E-state index is 0.0705. The second-order valence-corrected chi connectivity index (χ2v) is 6.48. The second kappa shape index (κ2) is 5.43. The van der Waals surface area contributed by atoms with Crippen LogP contribution in [0.1, 0.15) is 53.1 Å². The molecule has 19 heavy (non-hydrogen) atoms. The first-order chi connectivity index (χ1) is 9.24. The van der Waals surface area contributed by atoms with E-state index in [1.165, 1.54) is 30.4 Å². The Kier molecular flexibility index (Phi) is 3.67. The number of hydrogen-bond acceptors (Lipinski definition) is 3. The van der Waals surface area contributed by atoms with Gasteiger partial charge in [-0.2, -0.15) is 0 Å². The van der Waals surface area contributed by atoms with Crippen LogP contribution in [0.3, 0.4) is 0 Å². The molecule has 2 unspecified atom stereocenters. The fourth-order valence-corrected chi connectivity index (χ4v) is 3.75. The van der Waals surface area contributed by atoms with Crippen molar-refractivity contribution in [1.29, 1.82) is 0 Å². The molecule has 1 heterocycles. The Morgan fingerprint density at radius 2 is 2.26 bits per heavy atom. The van der Waals surface area contributed by atoms with Gasteiger partial charge in [-0.1, -0.05) is 24.3 Å². The Morgan fingerprint density at radius 3 is 3.05 bits per heavy atom. The van der Waals surface area contributed by atoms with Gasteiger partial charge in [-0.25, -0.2) is 4.98 Å². The molecule has 3 rings (SSSR count). The van der Waals surface area contributed by atoms with Gasteiger partial charge in [-0.05, 0) is 49.7 Å². The van der Waals surface area contributed by atoms with Crippen LogP contribution in [0.25, 0.3) is 0 Å². The van der Waals surface area contributed by atoms with E-state index in [4.69, 9.17) is 5.73 Å². The number of benzene rings is 1. The van der Waals surface area contributed by atoms with Crippen molar-refractivity contribution in [3.63, 3.8) is 0 Å². The summed E-state index contributed by atoms with van der Waals surface area (Å²) >= 11 is 1.69. The van der Waals surface area contributed by atoms with Crippen molar-refractivity contribution in [2.45, 2.75) is 44.6 Å². The fourth-order valence-electron chi connectivity index (χ4n) is 3.08. The Labute approximate surface area is 118 Å². The van der Waals surface area contributed by atoms with Crippen molar-refractivity contribution in [3.05, 3.63) is 51.5 Å². The topological polar surface area (TPSA) is 38.9 Å². The molecule has 0 spiro atoms. The predicted octanol–water partition coefficient (Wildman–Crippen LogP) is 3.96. The highest BCUT2D eigenvalue weighted by Gasteiger charge is 2.23. The fraction of sp³-hybridized carbons (Fsp3) is 0.438. The van der Waals surface area contributed by atoms with Crippen LogP contribution in [0.15, 0.2) is 29.6 Å². The second-order valence-electron chi connectivity index (χ2n) is 5.42. The standard InChI is InChI=1S/C16H20N2S/c1-11-18-16(10-19-11)15(17)9-13-7-4-6-12-5-2-3-8-14(12)13/h2-3,5,8,10,13,15H,4,6-7,9,17H2,1H3. The lowest BCUT2D eigenvalue weighted by Gasteiger charge is -2.27. The van der Waals surface area contributed by atoms with Crippen molar-refractivity contribution >= 4 is 11.3 Å². The lowest BCUT2D eigenvalue weighted by atomic mass is 9.79. The molecule has 0 fully saturated rings. The third kappa shape index (κ3) is 2.72. The molecule has 0 bridgehead atoms. The lowest BCUT2D eigenvalue weighted by molar-refractivity contribution is 0.472. The molecule has 1 aliphatic carbocycles. The SMILES string of the molecule is Cc1nc(C(N)CC2CCCc3ccccc32)cs1. The van der Waals surface area contributed by atoms with Crippen LogP contribution in [0.4, 0.5) is 0 Å². The van der Waals surface area contributed by atoms with E-state index in [2.05, 4.69) is 34.6 Å². The van der Waals surface area contributed by atoms with Gasteiger partial charge in [0.15, 0.2) is 0 Å². The van der Waals surface area contributed by atoms with Gasteiger partial charge in [0.05, 0.1) is 10.7 Å². The van der Waals surface area contributed by atoms with Crippen LogP contribution < -0.4 is 5.73 Å². The summed E-state index contributed by atoms with van der Waals surface area (Å²) in [5, 5.41) is 3.21. The summed E-state index contributed by atoms with van der Waals surface area (Å²) in [6.45, 7) is 2.04. The van der Waals surface area contributed by atoms with Gasteiger partial charge in [0.1, 0.15) is 0 Å². The van der Waals surface area contributed by atoms with Gasteiger partial charge >= 0.3 is 0 Å². The number of fused-ring (bicyclic) bond motifs is 1. The zero-order valence-electron chi connectivity index (χ0n) is 11.3. The third-order valence-corrected chi connectivity index (χ3v) is 4.84. The maximum atomic E-state index is 6.34. The van der Waals surface area contributed by atoms with E-state index in [-0.39, 0.29) is 6.04 Å². The van der Waals surface area contributed by atoms with Gasteiger partial charge < -0.3 is 5.73 Å². The molecule has 0 radical (unpaired) electrons. The van der Waals surface area contributed by atoms with Crippen LogP contribution in [0.5, 0.6) is 0 Å². The number of thiazole rings is 1. The lowest BCUT2D eigenvalue weighted by Crippen LogP contribution is -2.18. The average Bonchev–Trinajstić information content (AvgIpc) is 2.86. The number of nitrogens with two attached hydrogens (primary N) is 1. The summed E-state index contributed by atoms with van der Waals surface area (Å²) in [4.78, 5) is 4.53.